The molecule has 0 atom stereocenters. The molecule has 0 saturated carbocycles. The molecule has 0 aliphatic rings. The van der Waals surface area contributed by atoms with Crippen LogP contribution >= 0.6 is 0 Å². The SMILES string of the molecule is Cc1cc(C)cc(-c2ccccc2)c1.Cc1ccc(-c2ccccc2)c(C)c1.Cc1ccc(-c2ccccc2)cc1C.Cc1ccc(C)c(-c2ccccc2)c1.Cc1cccc(-c2ccccc2C)c1.Cc1cccc(C)c1-c1ccccc1.Cc1ccccc1-c1ccccc1C. The van der Waals surface area contributed by atoms with E-state index in [1.807, 2.05) is 18.2 Å². The minimum Gasteiger partial charge on any atom is -0.0622 e. The summed E-state index contributed by atoms with van der Waals surface area (Å²) in [6.07, 6.45) is 0. The van der Waals surface area contributed by atoms with Gasteiger partial charge in [0.2, 0.25) is 0 Å². The molecule has 0 saturated heterocycles. The van der Waals surface area contributed by atoms with Crippen molar-refractivity contribution in [2.45, 2.75) is 96.9 Å². The molecule has 0 aliphatic heterocycles. The fourth-order valence-electron chi connectivity index (χ4n) is 12.1. The zero-order valence-corrected chi connectivity index (χ0v) is 60.3. The van der Waals surface area contributed by atoms with Crippen LogP contribution in [-0.4, -0.2) is 0 Å². The van der Waals surface area contributed by atoms with Crippen LogP contribution in [0.2, 0.25) is 0 Å². The second-order valence-corrected chi connectivity index (χ2v) is 25.7. The van der Waals surface area contributed by atoms with Crippen molar-refractivity contribution < 1.29 is 0 Å². The fraction of sp³-hybridized carbons (Fsp3) is 0.143. The largest absolute Gasteiger partial charge is 0.0622 e. The molecule has 14 aromatic carbocycles. The Labute approximate surface area is 588 Å². The van der Waals surface area contributed by atoms with E-state index in [-0.39, 0.29) is 0 Å². The average Bonchev–Trinajstić information content (AvgIpc) is 0.890. The normalized spacial score (nSPS) is 10.1. The van der Waals surface area contributed by atoms with E-state index in [0.29, 0.717) is 0 Å². The molecule has 0 nitrogen and oxygen atoms in total. The van der Waals surface area contributed by atoms with Crippen LogP contribution in [-0.2, 0) is 0 Å². The van der Waals surface area contributed by atoms with Gasteiger partial charge in [0, 0.05) is 0 Å². The molecule has 0 unspecified atom stereocenters. The third-order valence-electron chi connectivity index (χ3n) is 17.5. The lowest BCUT2D eigenvalue weighted by Crippen LogP contribution is -1.86. The van der Waals surface area contributed by atoms with E-state index in [2.05, 4.69) is 418 Å². The van der Waals surface area contributed by atoms with E-state index < -0.39 is 0 Å². The molecule has 0 spiro atoms. The molecule has 0 heterocycles. The van der Waals surface area contributed by atoms with Gasteiger partial charge in [0.05, 0.1) is 0 Å². The highest BCUT2D eigenvalue weighted by molar-refractivity contribution is 5.73. The van der Waals surface area contributed by atoms with Crippen LogP contribution in [0.1, 0.15) is 77.9 Å². The van der Waals surface area contributed by atoms with E-state index in [1.165, 1.54) is 156 Å². The second-order valence-electron chi connectivity index (χ2n) is 25.7. The van der Waals surface area contributed by atoms with Gasteiger partial charge in [0.15, 0.2) is 0 Å². The predicted molar refractivity (Wildman–Crippen MR) is 429 cm³/mol. The van der Waals surface area contributed by atoms with E-state index in [0.717, 1.165) is 0 Å². The zero-order valence-electron chi connectivity index (χ0n) is 60.3. The summed E-state index contributed by atoms with van der Waals surface area (Å²) in [5.74, 6) is 0. The average molecular weight is 1280 g/mol. The topological polar surface area (TPSA) is 0 Å². The molecule has 14 aromatic rings. The summed E-state index contributed by atoms with van der Waals surface area (Å²) < 4.78 is 0. The standard InChI is InChI=1S/7C14H14/c1-11-7-3-5-9-13(11)14-10-6-4-8-12(14)2;1-11-6-5-8-13(10-11)14-9-4-3-7-12(14)2;1-11-7-6-8-12(2)14(11)13-9-4-3-5-10-13;1-11-8-12(2)10-14(9-11)13-6-4-3-5-7-13;1-11-8-9-14(10-12(11)2)13-6-4-3-5-7-13;1-11-8-9-14(12(2)10-11)13-6-4-3-5-7-13;1-11-8-9-12(2)14(10-11)13-6-4-3-5-7-13/h7*3-10H,1-2H3. The molecule has 0 bridgehead atoms. The first kappa shape index (κ1) is 72.9. The minimum atomic E-state index is 1.29. The van der Waals surface area contributed by atoms with E-state index in [9.17, 15) is 0 Å². The number of aryl methyl sites for hydroxylation is 14. The molecule has 0 fully saturated rings. The Morgan fingerprint density at radius 1 is 0.122 bits per heavy atom. The Morgan fingerprint density at radius 2 is 0.459 bits per heavy atom. The summed E-state index contributed by atoms with van der Waals surface area (Å²) in [6, 6.07) is 119. The van der Waals surface area contributed by atoms with Crippen LogP contribution in [0.4, 0.5) is 0 Å². The van der Waals surface area contributed by atoms with Gasteiger partial charge in [-0.15, -0.1) is 0 Å². The first-order valence-corrected chi connectivity index (χ1v) is 34.3. The third-order valence-corrected chi connectivity index (χ3v) is 17.5. The molecule has 98 heavy (non-hydrogen) atoms. The molecule has 0 aliphatic carbocycles. The molecule has 0 amide bonds. The summed E-state index contributed by atoms with van der Waals surface area (Å²) in [7, 11) is 0. The predicted octanol–water partition coefficient (Wildman–Crippen LogP) is 27.8. The number of benzene rings is 14. The highest BCUT2D eigenvalue weighted by Crippen LogP contribution is 2.30. The van der Waals surface area contributed by atoms with Crippen LogP contribution in [0.25, 0.3) is 77.9 Å². The van der Waals surface area contributed by atoms with E-state index >= 15 is 0 Å². The van der Waals surface area contributed by atoms with Crippen LogP contribution in [0.15, 0.2) is 340 Å². The van der Waals surface area contributed by atoms with Gasteiger partial charge in [-0.2, -0.15) is 0 Å². The Bertz CT molecular complexity index is 4640. The number of hydrogen-bond acceptors (Lipinski definition) is 0. The Balaban J connectivity index is 0.000000146. The van der Waals surface area contributed by atoms with Crippen molar-refractivity contribution in [3.63, 3.8) is 0 Å². The zero-order chi connectivity index (χ0) is 69.8. The van der Waals surface area contributed by atoms with Gasteiger partial charge in [-0.1, -0.05) is 368 Å². The molecule has 14 rings (SSSR count). The van der Waals surface area contributed by atoms with Crippen molar-refractivity contribution in [2.24, 2.45) is 0 Å². The van der Waals surface area contributed by atoms with Crippen LogP contribution in [0.5, 0.6) is 0 Å². The Kier molecular flexibility index (Phi) is 27.8. The van der Waals surface area contributed by atoms with Crippen molar-refractivity contribution >= 4 is 0 Å². The summed E-state index contributed by atoms with van der Waals surface area (Å²) in [5.41, 5.74) is 37.1. The van der Waals surface area contributed by atoms with Gasteiger partial charge in [-0.25, -0.2) is 0 Å². The summed E-state index contributed by atoms with van der Waals surface area (Å²) in [4.78, 5) is 0. The van der Waals surface area contributed by atoms with Gasteiger partial charge in [0.25, 0.3) is 0 Å². The highest BCUT2D eigenvalue weighted by atomic mass is 14.1. The van der Waals surface area contributed by atoms with E-state index in [1.54, 1.807) is 0 Å². The van der Waals surface area contributed by atoms with Gasteiger partial charge < -0.3 is 0 Å². The van der Waals surface area contributed by atoms with Crippen LogP contribution < -0.4 is 0 Å². The third kappa shape index (κ3) is 22.1. The molecular weight excluding hydrogens is 1180 g/mol. The molecule has 0 aromatic heterocycles. The maximum Gasteiger partial charge on any atom is -0.0125 e. The van der Waals surface area contributed by atoms with Crippen LogP contribution in [0.3, 0.4) is 0 Å². The monoisotopic (exact) mass is 1270 g/mol. The quantitative estimate of drug-likeness (QED) is 0.149. The summed E-state index contributed by atoms with van der Waals surface area (Å²) >= 11 is 0. The van der Waals surface area contributed by atoms with Crippen molar-refractivity contribution in [1.82, 2.24) is 0 Å². The lowest BCUT2D eigenvalue weighted by molar-refractivity contribution is 1.34. The van der Waals surface area contributed by atoms with Gasteiger partial charge in [-0.3, -0.25) is 0 Å². The Hall–Kier alpha value is -10.9. The van der Waals surface area contributed by atoms with Crippen molar-refractivity contribution in [2.75, 3.05) is 0 Å². The van der Waals surface area contributed by atoms with Gasteiger partial charge in [-0.05, 0) is 225 Å². The lowest BCUT2D eigenvalue weighted by Gasteiger charge is -2.09. The van der Waals surface area contributed by atoms with Crippen molar-refractivity contribution in [3.8, 4) is 77.9 Å². The van der Waals surface area contributed by atoms with E-state index in [4.69, 9.17) is 0 Å². The van der Waals surface area contributed by atoms with Gasteiger partial charge in [0.1, 0.15) is 0 Å². The second kappa shape index (κ2) is 37.4. The lowest BCUT2D eigenvalue weighted by atomic mass is 9.96. The van der Waals surface area contributed by atoms with Crippen molar-refractivity contribution in [1.29, 1.82) is 0 Å². The molecular formula is C98H98. The Morgan fingerprint density at radius 3 is 0.929 bits per heavy atom. The molecule has 0 heteroatoms. The maximum atomic E-state index is 2.24. The summed E-state index contributed by atoms with van der Waals surface area (Å²) in [5, 5.41) is 0. The fourth-order valence-corrected chi connectivity index (χ4v) is 12.1. The van der Waals surface area contributed by atoms with Crippen LogP contribution in [0, 0.1) is 96.9 Å². The number of rotatable bonds is 7. The first-order valence-electron chi connectivity index (χ1n) is 34.3. The molecule has 0 N–H and O–H groups in total. The summed E-state index contributed by atoms with van der Waals surface area (Å²) in [6.45, 7) is 30.1. The maximum absolute atomic E-state index is 2.24. The minimum absolute atomic E-state index is 1.29. The molecule has 0 radical (unpaired) electrons. The smallest absolute Gasteiger partial charge is 0.0125 e. The molecule has 490 valence electrons. The first-order chi connectivity index (χ1) is 47.4. The highest BCUT2D eigenvalue weighted by Gasteiger charge is 2.07. The van der Waals surface area contributed by atoms with Crippen molar-refractivity contribution in [3.05, 3.63) is 418 Å². The number of hydrogen-bond donors (Lipinski definition) is 0. The van der Waals surface area contributed by atoms with Gasteiger partial charge >= 0.3 is 0 Å².